The van der Waals surface area contributed by atoms with Gasteiger partial charge in [0.15, 0.2) is 0 Å². The van der Waals surface area contributed by atoms with Crippen molar-refractivity contribution in [3.05, 3.63) is 31.8 Å². The van der Waals surface area contributed by atoms with Gasteiger partial charge in [-0.15, -0.1) is 0 Å². The number of amides is 1. The number of benzene rings is 1. The lowest BCUT2D eigenvalue weighted by Crippen LogP contribution is -2.46. The molecule has 1 aliphatic rings. The Bertz CT molecular complexity index is 544. The first kappa shape index (κ1) is 16.7. The Morgan fingerprint density at radius 3 is 2.57 bits per heavy atom. The normalized spacial score (nSPS) is 17.2. The van der Waals surface area contributed by atoms with Crippen molar-refractivity contribution in [2.75, 3.05) is 0 Å². The molecule has 1 amide bonds. The number of aliphatic carboxylic acids is 1. The van der Waals surface area contributed by atoms with Crippen molar-refractivity contribution in [2.24, 2.45) is 5.92 Å². The quantitative estimate of drug-likeness (QED) is 0.664. The van der Waals surface area contributed by atoms with E-state index in [1.54, 1.807) is 12.1 Å². The van der Waals surface area contributed by atoms with Gasteiger partial charge in [-0.3, -0.25) is 4.79 Å². The Hall–Kier alpha value is -0.630. The molecule has 6 heteroatoms. The first-order valence-corrected chi connectivity index (χ1v) is 8.85. The van der Waals surface area contributed by atoms with E-state index < -0.39 is 12.0 Å². The molecule has 0 saturated heterocycles. The molecule has 0 radical (unpaired) electrons. The molecule has 1 aliphatic carbocycles. The molecule has 2 rings (SSSR count). The third-order valence-electron chi connectivity index (χ3n) is 3.85. The minimum Gasteiger partial charge on any atom is -0.480 e. The van der Waals surface area contributed by atoms with Crippen molar-refractivity contribution in [3.63, 3.8) is 0 Å². The van der Waals surface area contributed by atoms with Crippen LogP contribution in [0.2, 0.25) is 0 Å². The van der Waals surface area contributed by atoms with Gasteiger partial charge in [0.2, 0.25) is 0 Å². The minimum atomic E-state index is -0.947. The van der Waals surface area contributed by atoms with Crippen LogP contribution in [0.25, 0.3) is 0 Å². The second-order valence-corrected chi connectivity index (χ2v) is 7.41. The van der Waals surface area contributed by atoms with Gasteiger partial charge in [-0.2, -0.15) is 0 Å². The number of hydrogen-bond acceptors (Lipinski definition) is 2. The van der Waals surface area contributed by atoms with Gasteiger partial charge in [-0.25, -0.2) is 4.79 Å². The summed E-state index contributed by atoms with van der Waals surface area (Å²) in [5.41, 5.74) is 0.476. The lowest BCUT2D eigenvalue weighted by Gasteiger charge is -2.28. The summed E-state index contributed by atoms with van der Waals surface area (Å²) in [6.45, 7) is 0. The molecule has 1 aromatic carbocycles. The van der Waals surface area contributed by atoms with Gasteiger partial charge in [0.05, 0.1) is 5.56 Å². The van der Waals surface area contributed by atoms with Crippen LogP contribution in [0.15, 0.2) is 22.7 Å². The molecule has 0 aliphatic heterocycles. The van der Waals surface area contributed by atoms with Crippen LogP contribution in [-0.2, 0) is 4.79 Å². The predicted molar refractivity (Wildman–Crippen MR) is 92.3 cm³/mol. The number of halogens is 2. The number of carboxylic acids is 1. The average molecular weight is 466 g/mol. The summed E-state index contributed by atoms with van der Waals surface area (Å²) in [4.78, 5) is 23.9. The average Bonchev–Trinajstić information content (AvgIpc) is 2.47. The van der Waals surface area contributed by atoms with Crippen LogP contribution in [0, 0.1) is 9.49 Å². The Kier molecular flexibility index (Phi) is 6.04. The van der Waals surface area contributed by atoms with Crippen LogP contribution < -0.4 is 5.32 Å². The third-order valence-corrected chi connectivity index (χ3v) is 5.21. The first-order valence-electron chi connectivity index (χ1n) is 6.98. The molecule has 1 unspecified atom stereocenters. The lowest BCUT2D eigenvalue weighted by molar-refractivity contribution is -0.141. The van der Waals surface area contributed by atoms with E-state index >= 15 is 0 Å². The summed E-state index contributed by atoms with van der Waals surface area (Å²) in [5.74, 6) is -1.25. The van der Waals surface area contributed by atoms with Crippen LogP contribution in [-0.4, -0.2) is 23.0 Å². The molecule has 1 saturated carbocycles. The molecular weight excluding hydrogens is 449 g/mol. The van der Waals surface area contributed by atoms with Crippen molar-refractivity contribution in [2.45, 2.75) is 38.1 Å². The molecular formula is C15H17BrINO3. The van der Waals surface area contributed by atoms with E-state index in [1.165, 1.54) is 0 Å². The molecule has 1 aromatic rings. The highest BCUT2D eigenvalue weighted by atomic mass is 127. The van der Waals surface area contributed by atoms with Crippen LogP contribution in [0.5, 0.6) is 0 Å². The zero-order chi connectivity index (χ0) is 15.4. The lowest BCUT2D eigenvalue weighted by atomic mass is 9.84. The summed E-state index contributed by atoms with van der Waals surface area (Å²) in [5, 5.41) is 12.1. The van der Waals surface area contributed by atoms with Crippen LogP contribution >= 0.6 is 38.5 Å². The van der Waals surface area contributed by atoms with Gasteiger partial charge in [0, 0.05) is 8.04 Å². The topological polar surface area (TPSA) is 66.4 Å². The highest BCUT2D eigenvalue weighted by Gasteiger charge is 2.31. The molecule has 21 heavy (non-hydrogen) atoms. The van der Waals surface area contributed by atoms with E-state index in [0.29, 0.717) is 10.0 Å². The maximum absolute atomic E-state index is 12.4. The summed E-state index contributed by atoms with van der Waals surface area (Å²) >= 11 is 5.47. The Morgan fingerprint density at radius 2 is 1.95 bits per heavy atom. The van der Waals surface area contributed by atoms with Crippen LogP contribution in [0.1, 0.15) is 42.5 Å². The second kappa shape index (κ2) is 7.58. The van der Waals surface area contributed by atoms with E-state index in [9.17, 15) is 14.7 Å². The third kappa shape index (κ3) is 4.42. The fourth-order valence-corrected chi connectivity index (χ4v) is 3.66. The smallest absolute Gasteiger partial charge is 0.326 e. The molecule has 0 heterocycles. The van der Waals surface area contributed by atoms with Crippen molar-refractivity contribution in [1.29, 1.82) is 0 Å². The van der Waals surface area contributed by atoms with Gasteiger partial charge in [0.25, 0.3) is 5.91 Å². The first-order chi connectivity index (χ1) is 9.99. The molecule has 1 fully saturated rings. The molecule has 0 aromatic heterocycles. The van der Waals surface area contributed by atoms with Gasteiger partial charge in [-0.1, -0.05) is 19.3 Å². The number of rotatable bonds is 4. The van der Waals surface area contributed by atoms with Crippen molar-refractivity contribution in [3.8, 4) is 0 Å². The molecule has 2 N–H and O–H groups in total. The Balaban J connectivity index is 2.14. The Labute approximate surface area is 146 Å². The van der Waals surface area contributed by atoms with Crippen molar-refractivity contribution < 1.29 is 14.7 Å². The standard InChI is InChI=1S/C15H17BrINO3/c16-12-7-6-10(17)8-11(12)14(19)18-13(15(20)21)9-4-2-1-3-5-9/h6-9,13H,1-5H2,(H,18,19)(H,20,21). The van der Waals surface area contributed by atoms with Crippen LogP contribution in [0.4, 0.5) is 0 Å². The van der Waals surface area contributed by atoms with Gasteiger partial charge < -0.3 is 10.4 Å². The molecule has 4 nitrogen and oxygen atoms in total. The number of carboxylic acid groups (broad SMARTS) is 1. The highest BCUT2D eigenvalue weighted by Crippen LogP contribution is 2.27. The molecule has 114 valence electrons. The van der Waals surface area contributed by atoms with E-state index in [0.717, 1.165) is 35.7 Å². The predicted octanol–water partition coefficient (Wildman–Crippen LogP) is 3.82. The molecule has 0 bridgehead atoms. The second-order valence-electron chi connectivity index (χ2n) is 5.31. The summed E-state index contributed by atoms with van der Waals surface area (Å²) in [6.07, 6.45) is 4.96. The maximum Gasteiger partial charge on any atom is 0.326 e. The highest BCUT2D eigenvalue weighted by molar-refractivity contribution is 14.1. The number of hydrogen-bond donors (Lipinski definition) is 2. The number of nitrogens with one attached hydrogen (secondary N) is 1. The molecule has 1 atom stereocenters. The number of carbonyl (C=O) groups is 2. The van der Waals surface area contributed by atoms with E-state index in [-0.39, 0.29) is 11.8 Å². The van der Waals surface area contributed by atoms with E-state index in [1.807, 2.05) is 6.07 Å². The van der Waals surface area contributed by atoms with Gasteiger partial charge in [0.1, 0.15) is 6.04 Å². The largest absolute Gasteiger partial charge is 0.480 e. The van der Waals surface area contributed by atoms with Gasteiger partial charge in [-0.05, 0) is 75.5 Å². The number of carbonyl (C=O) groups excluding carboxylic acids is 1. The van der Waals surface area contributed by atoms with Crippen molar-refractivity contribution >= 4 is 50.4 Å². The van der Waals surface area contributed by atoms with Crippen molar-refractivity contribution in [1.82, 2.24) is 5.32 Å². The van der Waals surface area contributed by atoms with Crippen LogP contribution in [0.3, 0.4) is 0 Å². The summed E-state index contributed by atoms with van der Waals surface area (Å²) < 4.78 is 1.61. The Morgan fingerprint density at radius 1 is 1.29 bits per heavy atom. The fourth-order valence-electron chi connectivity index (χ4n) is 2.74. The SMILES string of the molecule is O=C(NC(C(=O)O)C1CCCCC1)c1cc(I)ccc1Br. The minimum absolute atomic E-state index is 0.0294. The zero-order valence-corrected chi connectivity index (χ0v) is 15.2. The summed E-state index contributed by atoms with van der Waals surface area (Å²) in [7, 11) is 0. The summed E-state index contributed by atoms with van der Waals surface area (Å²) in [6, 6.07) is 4.63. The van der Waals surface area contributed by atoms with E-state index in [4.69, 9.17) is 0 Å². The zero-order valence-electron chi connectivity index (χ0n) is 11.4. The fraction of sp³-hybridized carbons (Fsp3) is 0.467. The van der Waals surface area contributed by atoms with Gasteiger partial charge >= 0.3 is 5.97 Å². The van der Waals surface area contributed by atoms with E-state index in [2.05, 4.69) is 43.8 Å². The molecule has 0 spiro atoms. The monoisotopic (exact) mass is 465 g/mol. The maximum atomic E-state index is 12.4.